The molecule has 24 heteroatoms. The molecule has 16 nitrogen and oxygen atoms in total. The molecule has 13 rings (SSSR count). The number of aliphatic hydroxyl groups excluding tert-OH is 6. The van der Waals surface area contributed by atoms with Crippen molar-refractivity contribution >= 4 is 45.6 Å². The SMILES string of the molecule is Cc1sc(Cn2cc(CNC(=O)CC[C@@H](C)[C@H]3CC[C@H]4[C@@H]5[C@H](O)C[C@@H]6C[C@H](O)CC[C@]6(C)[C@H]5C[C@H](O)[C@]34C)nn2)cc1C1=C(c2cc(Cn3cc(CNC(=O)CC[C@@H](C)[C@H]4CC[C@H]5[C@@H]6[C@H](O)C[C@@H]7C[C@H](O)CC[C@]7(C)[C@H]6C[C@H](O)[C@]45C)nn3)sc2C)C(F)(F)C(F)(F)C1(F)F. The number of nitrogens with zero attached hydrogens (tertiary/aromatic N) is 6. The van der Waals surface area contributed by atoms with Crippen LogP contribution in [0, 0.1) is 107 Å². The fourth-order valence-corrected chi connectivity index (χ4v) is 24.5. The Bertz CT molecular complexity index is 3340. The van der Waals surface area contributed by atoms with Crippen molar-refractivity contribution < 1.29 is 66.6 Å². The van der Waals surface area contributed by atoms with E-state index in [0.29, 0.717) is 72.5 Å². The third-order valence-corrected chi connectivity index (χ3v) is 29.6. The number of amides is 2. The summed E-state index contributed by atoms with van der Waals surface area (Å²) in [4.78, 5) is 27.7. The van der Waals surface area contributed by atoms with Crippen LogP contribution in [0.25, 0.3) is 11.1 Å². The topological polar surface area (TPSA) is 241 Å². The van der Waals surface area contributed by atoms with Gasteiger partial charge in [0.1, 0.15) is 11.4 Å². The number of halogens is 6. The van der Waals surface area contributed by atoms with Crippen LogP contribution in [0.1, 0.15) is 199 Å². The van der Waals surface area contributed by atoms with Gasteiger partial charge in [0.2, 0.25) is 11.8 Å². The van der Waals surface area contributed by atoms with Gasteiger partial charge < -0.3 is 41.3 Å². The minimum absolute atomic E-state index is 0.0291. The number of aliphatic hydroxyl groups is 6. The molecule has 0 spiro atoms. The maximum absolute atomic E-state index is 16.2. The van der Waals surface area contributed by atoms with Gasteiger partial charge in [0, 0.05) is 43.5 Å². The Morgan fingerprint density at radius 2 is 0.958 bits per heavy atom. The van der Waals surface area contributed by atoms with E-state index in [9.17, 15) is 40.2 Å². The van der Waals surface area contributed by atoms with E-state index in [-0.39, 0.29) is 155 Å². The molecule has 22 atom stereocenters. The van der Waals surface area contributed by atoms with Gasteiger partial charge in [0.15, 0.2) is 0 Å². The predicted octanol–water partition coefficient (Wildman–Crippen LogP) is 11.5. The molecule has 4 aromatic rings. The third kappa shape index (κ3) is 11.4. The summed E-state index contributed by atoms with van der Waals surface area (Å²) in [5, 5.41) is 90.9. The average molecular weight is 1370 g/mol. The van der Waals surface area contributed by atoms with E-state index in [1.807, 2.05) is 0 Å². The number of aromatic nitrogens is 6. The van der Waals surface area contributed by atoms with E-state index in [2.05, 4.69) is 72.8 Å². The van der Waals surface area contributed by atoms with Gasteiger partial charge in [0.25, 0.3) is 0 Å². The minimum atomic E-state index is -5.77. The van der Waals surface area contributed by atoms with Crippen molar-refractivity contribution in [2.24, 2.45) is 92.7 Å². The first kappa shape index (κ1) is 69.2. The van der Waals surface area contributed by atoms with Crippen molar-refractivity contribution in [3.63, 3.8) is 0 Å². The number of hydrogen-bond donors (Lipinski definition) is 8. The number of alkyl halides is 6. The number of allylic oxidation sites excluding steroid dienone is 2. The first-order valence-electron chi connectivity index (χ1n) is 35.2. The maximum Gasteiger partial charge on any atom is 0.380 e. The lowest BCUT2D eigenvalue weighted by atomic mass is 9.43. The van der Waals surface area contributed by atoms with Crippen molar-refractivity contribution in [1.29, 1.82) is 0 Å². The fourth-order valence-electron chi connectivity index (χ4n) is 22.4. The molecule has 0 aromatic carbocycles. The number of hydrogen-bond acceptors (Lipinski definition) is 14. The van der Waals surface area contributed by atoms with E-state index in [0.717, 1.165) is 74.0 Å². The number of aryl methyl sites for hydroxylation is 2. The number of nitrogens with one attached hydrogen (secondary N) is 2. The molecule has 524 valence electrons. The maximum atomic E-state index is 16.2. The van der Waals surface area contributed by atoms with Crippen LogP contribution in [0.15, 0.2) is 24.5 Å². The summed E-state index contributed by atoms with van der Waals surface area (Å²) in [5.74, 6) is -14.8. The van der Waals surface area contributed by atoms with Crippen LogP contribution in [0.5, 0.6) is 0 Å². The molecule has 0 aliphatic heterocycles. The molecule has 8 N–H and O–H groups in total. The summed E-state index contributed by atoms with van der Waals surface area (Å²) in [7, 11) is 0. The summed E-state index contributed by atoms with van der Waals surface area (Å²) < 4.78 is 99.0. The van der Waals surface area contributed by atoms with Crippen LogP contribution in [0.3, 0.4) is 0 Å². The molecule has 4 heterocycles. The minimum Gasteiger partial charge on any atom is -0.393 e. The number of rotatable bonds is 18. The Hall–Kier alpha value is -4.30. The Morgan fingerprint density at radius 3 is 1.35 bits per heavy atom. The lowest BCUT2D eigenvalue weighted by molar-refractivity contribution is -0.254. The van der Waals surface area contributed by atoms with Crippen LogP contribution in [-0.4, -0.2) is 127 Å². The molecule has 9 aliphatic rings. The molecule has 8 fully saturated rings. The van der Waals surface area contributed by atoms with Crippen molar-refractivity contribution in [2.75, 3.05) is 0 Å². The van der Waals surface area contributed by atoms with Crippen molar-refractivity contribution in [1.82, 2.24) is 40.6 Å². The highest BCUT2D eigenvalue weighted by molar-refractivity contribution is 7.12. The number of carbonyl (C=O) groups excluding carboxylic acids is 2. The second-order valence-corrected chi connectivity index (χ2v) is 35.0. The van der Waals surface area contributed by atoms with E-state index in [1.54, 1.807) is 12.4 Å². The standard InChI is InChI=1S/C71H98F6N8O8S2/c1-35(49-11-13-51-61-53(27-57(90)67(49,51)7)65(5)19-17-43(86)21-39(65)23-55(61)88)9-15-59(92)78-29-41-31-84(82-80-41)33-45-25-47(37(3)94-45)63-64(70(74,75)71(76,77)69(63,72)73)48-26-46(95-38(48)4)34-85-32-42(81-83-85)30-79-60(93)16-10-36(2)50-12-14-52-62-54(28-58(91)68(50,52)8)66(6)20-18-44(87)22-40(66)24-56(62)89/h25-26,31-32,35-36,39-40,43-44,49-58,61-62,86-91H,9-24,27-30,33-34H2,1-8H3,(H,78,92)(H,79,93)/t35-,36-,39+,40+,43-,44-,49-,50-,51+,52+,53+,54+,55-,56-,57+,58+,61+,62+,65+,66+,67-,68-/m1/s1. The number of fused-ring (bicyclic) bond motifs is 10. The highest BCUT2D eigenvalue weighted by atomic mass is 32.1. The van der Waals surface area contributed by atoms with Crippen molar-refractivity contribution in [3.05, 3.63) is 66.5 Å². The summed E-state index contributed by atoms with van der Waals surface area (Å²) in [6, 6.07) is 2.44. The molecule has 0 unspecified atom stereocenters. The van der Waals surface area contributed by atoms with Crippen molar-refractivity contribution in [3.8, 4) is 0 Å². The van der Waals surface area contributed by atoms with Gasteiger partial charge >= 0.3 is 17.8 Å². The van der Waals surface area contributed by atoms with E-state index in [4.69, 9.17) is 0 Å². The molecular formula is C71H98F6N8O8S2. The molecule has 8 saturated carbocycles. The van der Waals surface area contributed by atoms with Crippen LogP contribution in [0.2, 0.25) is 0 Å². The van der Waals surface area contributed by atoms with Crippen molar-refractivity contribution in [2.45, 2.75) is 252 Å². The molecule has 4 aromatic heterocycles. The monoisotopic (exact) mass is 1370 g/mol. The Balaban J connectivity index is 0.606. The Kier molecular flexibility index (Phi) is 18.3. The molecule has 0 bridgehead atoms. The average Bonchev–Trinajstić information content (AvgIpc) is 1.63. The molecule has 0 saturated heterocycles. The van der Waals surface area contributed by atoms with Crippen LogP contribution < -0.4 is 10.6 Å². The first-order chi connectivity index (χ1) is 44.7. The lowest BCUT2D eigenvalue weighted by Gasteiger charge is -2.63. The quantitative estimate of drug-likeness (QED) is 0.0434. The second-order valence-electron chi connectivity index (χ2n) is 32.3. The second kappa shape index (κ2) is 25.1. The van der Waals surface area contributed by atoms with Gasteiger partial charge in [-0.2, -0.15) is 26.3 Å². The number of thiophene rings is 2. The van der Waals surface area contributed by atoms with Gasteiger partial charge in [-0.1, -0.05) is 52.0 Å². The molecule has 0 radical (unpaired) electrons. The van der Waals surface area contributed by atoms with Crippen LogP contribution >= 0.6 is 22.7 Å². The van der Waals surface area contributed by atoms with Gasteiger partial charge in [-0.05, 0) is 233 Å². The van der Waals surface area contributed by atoms with E-state index in [1.165, 1.54) is 35.3 Å². The molecule has 9 aliphatic carbocycles. The Morgan fingerprint density at radius 1 is 0.568 bits per heavy atom. The van der Waals surface area contributed by atoms with Gasteiger partial charge in [-0.3, -0.25) is 9.59 Å². The fraction of sp³-hybridized carbons (Fsp3) is 0.775. The zero-order valence-corrected chi connectivity index (χ0v) is 57.7. The molecule has 2 amide bonds. The van der Waals surface area contributed by atoms with Gasteiger partial charge in [0.05, 0.1) is 75.2 Å². The highest BCUT2D eigenvalue weighted by Crippen LogP contribution is 2.71. The zero-order chi connectivity index (χ0) is 68.0. The largest absolute Gasteiger partial charge is 0.393 e. The normalized spacial score (nSPS) is 39.7. The smallest absolute Gasteiger partial charge is 0.380 e. The highest BCUT2D eigenvalue weighted by Gasteiger charge is 2.81. The lowest BCUT2D eigenvalue weighted by Crippen LogP contribution is -2.62. The van der Waals surface area contributed by atoms with E-state index < -0.39 is 75.3 Å². The molecule has 95 heavy (non-hydrogen) atoms. The predicted molar refractivity (Wildman–Crippen MR) is 347 cm³/mol. The summed E-state index contributed by atoms with van der Waals surface area (Å²) in [5.41, 5.74) is -3.85. The summed E-state index contributed by atoms with van der Waals surface area (Å²) >= 11 is 1.96. The van der Waals surface area contributed by atoms with Gasteiger partial charge in [-0.25, -0.2) is 9.36 Å². The Labute approximate surface area is 560 Å². The van der Waals surface area contributed by atoms with Crippen LogP contribution in [0.4, 0.5) is 26.3 Å². The zero-order valence-electron chi connectivity index (χ0n) is 56.0. The number of carbonyl (C=O) groups is 2. The first-order valence-corrected chi connectivity index (χ1v) is 36.8. The summed E-state index contributed by atoms with van der Waals surface area (Å²) in [6.07, 6.45) is 13.0. The molecular weight excluding hydrogens is 1270 g/mol. The third-order valence-electron chi connectivity index (χ3n) is 27.6. The van der Waals surface area contributed by atoms with Gasteiger partial charge in [-0.15, -0.1) is 32.9 Å². The van der Waals surface area contributed by atoms with Crippen LogP contribution in [-0.2, 0) is 35.8 Å². The van der Waals surface area contributed by atoms with E-state index >= 15 is 26.3 Å². The summed E-state index contributed by atoms with van der Waals surface area (Å²) in [6.45, 7) is 16.1.